The molecule has 2 N–H and O–H groups in total. The van der Waals surface area contributed by atoms with Crippen LogP contribution in [0.25, 0.3) is 0 Å². The largest absolute Gasteiger partial charge is 0.481 e. The Morgan fingerprint density at radius 3 is 2.59 bits per heavy atom. The van der Waals surface area contributed by atoms with Crippen molar-refractivity contribution in [3.63, 3.8) is 0 Å². The summed E-state index contributed by atoms with van der Waals surface area (Å²) in [5.74, 6) is -0.224. The Hall–Kier alpha value is -1.94. The summed E-state index contributed by atoms with van der Waals surface area (Å²) in [5, 5.41) is 19.3. The SMILES string of the molecule is C[C@H]1C[C@H](F)C(/C=C/[C@H](O)C2Cc3ccccc3C2)C1C/C=C\CCCC(=O)O. The molecule has 5 atom stereocenters. The van der Waals surface area contributed by atoms with Gasteiger partial charge in [0.2, 0.25) is 0 Å². The summed E-state index contributed by atoms with van der Waals surface area (Å²) >= 11 is 0. The van der Waals surface area contributed by atoms with Gasteiger partial charge < -0.3 is 10.2 Å². The number of benzene rings is 1. The normalized spacial score (nSPS) is 28.4. The van der Waals surface area contributed by atoms with Gasteiger partial charge in [0.1, 0.15) is 6.17 Å². The average molecular weight is 401 g/mol. The zero-order chi connectivity index (χ0) is 20.8. The van der Waals surface area contributed by atoms with Gasteiger partial charge in [-0.25, -0.2) is 4.39 Å². The first kappa shape index (κ1) is 21.8. The van der Waals surface area contributed by atoms with Crippen LogP contribution in [0.4, 0.5) is 4.39 Å². The van der Waals surface area contributed by atoms with E-state index in [1.54, 1.807) is 0 Å². The first-order chi connectivity index (χ1) is 14.0. The van der Waals surface area contributed by atoms with E-state index in [-0.39, 0.29) is 24.2 Å². The number of carboxylic acids is 1. The fourth-order valence-corrected chi connectivity index (χ4v) is 4.96. The molecule has 0 aliphatic heterocycles. The van der Waals surface area contributed by atoms with E-state index in [0.29, 0.717) is 18.8 Å². The topological polar surface area (TPSA) is 57.5 Å². The summed E-state index contributed by atoms with van der Waals surface area (Å²) in [6.07, 6.45) is 11.1. The number of carboxylic acid groups (broad SMARTS) is 1. The molecule has 3 rings (SSSR count). The Balaban J connectivity index is 1.53. The second-order valence-electron chi connectivity index (χ2n) is 8.78. The standard InChI is InChI=1S/C25H33FO3/c1-17-14-23(26)22(21(17)10-4-2-3-5-11-25(28)29)12-13-24(27)20-15-18-8-6-7-9-19(18)16-20/h2,4,6-9,12-13,17,20-24,27H,3,5,10-11,14-16H2,1H3,(H,28,29)/b4-2-,13-12+/t17-,21?,22?,23-,24-/m0/s1. The highest BCUT2D eigenvalue weighted by Gasteiger charge is 2.39. The van der Waals surface area contributed by atoms with Gasteiger partial charge in [-0.1, -0.05) is 55.5 Å². The Kier molecular flexibility index (Phi) is 7.65. The van der Waals surface area contributed by atoms with Gasteiger partial charge in [0, 0.05) is 12.3 Å². The average Bonchev–Trinajstić information content (AvgIpc) is 3.23. The number of rotatable bonds is 9. The number of fused-ring (bicyclic) bond motifs is 1. The van der Waals surface area contributed by atoms with Crippen LogP contribution in [0, 0.1) is 23.7 Å². The third-order valence-electron chi connectivity index (χ3n) is 6.67. The van der Waals surface area contributed by atoms with Crippen molar-refractivity contribution in [3.05, 3.63) is 59.7 Å². The number of aliphatic hydroxyl groups excluding tert-OH is 1. The highest BCUT2D eigenvalue weighted by atomic mass is 19.1. The fraction of sp³-hybridized carbons (Fsp3) is 0.560. The maximum Gasteiger partial charge on any atom is 0.303 e. The maximum atomic E-state index is 14.6. The van der Waals surface area contributed by atoms with E-state index in [1.165, 1.54) is 11.1 Å². The number of unbranched alkanes of at least 4 members (excludes halogenated alkanes) is 1. The number of aliphatic carboxylic acids is 1. The molecule has 1 aromatic carbocycles. The van der Waals surface area contributed by atoms with Crippen LogP contribution >= 0.6 is 0 Å². The zero-order valence-electron chi connectivity index (χ0n) is 17.2. The summed E-state index contributed by atoms with van der Waals surface area (Å²) in [4.78, 5) is 10.6. The smallest absolute Gasteiger partial charge is 0.303 e. The molecule has 0 spiro atoms. The molecule has 0 bridgehead atoms. The molecule has 2 aliphatic rings. The van der Waals surface area contributed by atoms with Crippen molar-refractivity contribution in [1.82, 2.24) is 0 Å². The number of aliphatic hydroxyl groups is 1. The first-order valence-electron chi connectivity index (χ1n) is 10.9. The third kappa shape index (κ3) is 5.79. The van der Waals surface area contributed by atoms with Gasteiger partial charge in [-0.05, 0) is 67.4 Å². The minimum Gasteiger partial charge on any atom is -0.481 e. The molecular formula is C25H33FO3. The van der Waals surface area contributed by atoms with Crippen LogP contribution in [0.1, 0.15) is 50.2 Å². The van der Waals surface area contributed by atoms with Crippen molar-refractivity contribution in [3.8, 4) is 0 Å². The molecule has 4 heteroatoms. The molecule has 0 heterocycles. The van der Waals surface area contributed by atoms with Crippen molar-refractivity contribution in [2.24, 2.45) is 23.7 Å². The molecule has 2 aliphatic carbocycles. The summed E-state index contributed by atoms with van der Waals surface area (Å²) in [6, 6.07) is 8.33. The predicted molar refractivity (Wildman–Crippen MR) is 113 cm³/mol. The lowest BCUT2D eigenvalue weighted by atomic mass is 9.86. The van der Waals surface area contributed by atoms with Gasteiger partial charge in [-0.3, -0.25) is 4.79 Å². The molecular weight excluding hydrogens is 367 g/mol. The van der Waals surface area contributed by atoms with Crippen LogP contribution in [0.2, 0.25) is 0 Å². The third-order valence-corrected chi connectivity index (χ3v) is 6.67. The molecule has 0 amide bonds. The number of hydrogen-bond donors (Lipinski definition) is 2. The Morgan fingerprint density at radius 2 is 1.93 bits per heavy atom. The highest BCUT2D eigenvalue weighted by Crippen LogP contribution is 2.42. The first-order valence-corrected chi connectivity index (χ1v) is 10.9. The van der Waals surface area contributed by atoms with E-state index < -0.39 is 18.2 Å². The van der Waals surface area contributed by atoms with Crippen LogP contribution in [-0.4, -0.2) is 28.5 Å². The lowest BCUT2D eigenvalue weighted by Crippen LogP contribution is -2.20. The molecule has 3 nitrogen and oxygen atoms in total. The summed E-state index contributed by atoms with van der Waals surface area (Å²) in [6.45, 7) is 2.10. The fourth-order valence-electron chi connectivity index (χ4n) is 4.96. The Bertz CT molecular complexity index is 716. The number of allylic oxidation sites excluding steroid dienone is 3. The monoisotopic (exact) mass is 400 g/mol. The van der Waals surface area contributed by atoms with Crippen LogP contribution < -0.4 is 0 Å². The summed E-state index contributed by atoms with van der Waals surface area (Å²) < 4.78 is 14.6. The number of hydrogen-bond acceptors (Lipinski definition) is 2. The quantitative estimate of drug-likeness (QED) is 0.446. The van der Waals surface area contributed by atoms with Gasteiger partial charge >= 0.3 is 5.97 Å². The second kappa shape index (κ2) is 10.2. The summed E-state index contributed by atoms with van der Waals surface area (Å²) in [7, 11) is 0. The second-order valence-corrected chi connectivity index (χ2v) is 8.78. The number of carbonyl (C=O) groups is 1. The number of halogens is 1. The summed E-state index contributed by atoms with van der Waals surface area (Å²) in [5.41, 5.74) is 2.63. The van der Waals surface area contributed by atoms with Crippen LogP contribution in [0.5, 0.6) is 0 Å². The molecule has 29 heavy (non-hydrogen) atoms. The highest BCUT2D eigenvalue weighted by molar-refractivity contribution is 5.66. The molecule has 0 saturated heterocycles. The van der Waals surface area contributed by atoms with Gasteiger partial charge in [0.25, 0.3) is 0 Å². The lowest BCUT2D eigenvalue weighted by molar-refractivity contribution is -0.137. The zero-order valence-corrected chi connectivity index (χ0v) is 17.2. The predicted octanol–water partition coefficient (Wildman–Crippen LogP) is 5.13. The van der Waals surface area contributed by atoms with Crippen molar-refractivity contribution in [1.29, 1.82) is 0 Å². The van der Waals surface area contributed by atoms with E-state index in [4.69, 9.17) is 5.11 Å². The molecule has 0 aromatic heterocycles. The molecule has 1 aromatic rings. The molecule has 0 radical (unpaired) electrons. The van der Waals surface area contributed by atoms with E-state index in [0.717, 1.165) is 25.7 Å². The lowest BCUT2D eigenvalue weighted by Gasteiger charge is -2.20. The minimum absolute atomic E-state index is 0.160. The van der Waals surface area contributed by atoms with Crippen LogP contribution in [0.15, 0.2) is 48.6 Å². The van der Waals surface area contributed by atoms with E-state index in [9.17, 15) is 14.3 Å². The maximum absolute atomic E-state index is 14.6. The van der Waals surface area contributed by atoms with Crippen LogP contribution in [0.3, 0.4) is 0 Å². The molecule has 158 valence electrons. The van der Waals surface area contributed by atoms with Gasteiger partial charge in [0.05, 0.1) is 6.10 Å². The van der Waals surface area contributed by atoms with Crippen molar-refractivity contribution < 1.29 is 19.4 Å². The van der Waals surface area contributed by atoms with Gasteiger partial charge in [-0.15, -0.1) is 0 Å². The van der Waals surface area contributed by atoms with Crippen molar-refractivity contribution >= 4 is 5.97 Å². The van der Waals surface area contributed by atoms with E-state index >= 15 is 0 Å². The molecule has 1 saturated carbocycles. The number of alkyl halides is 1. The minimum atomic E-state index is -0.861. The Labute approximate surface area is 173 Å². The van der Waals surface area contributed by atoms with Gasteiger partial charge in [-0.2, -0.15) is 0 Å². The van der Waals surface area contributed by atoms with Crippen molar-refractivity contribution in [2.45, 2.75) is 64.1 Å². The van der Waals surface area contributed by atoms with Crippen molar-refractivity contribution in [2.75, 3.05) is 0 Å². The van der Waals surface area contributed by atoms with E-state index in [1.807, 2.05) is 30.4 Å². The van der Waals surface area contributed by atoms with Gasteiger partial charge in [0.15, 0.2) is 0 Å². The molecule has 1 fully saturated rings. The Morgan fingerprint density at radius 1 is 1.24 bits per heavy atom. The van der Waals surface area contributed by atoms with E-state index in [2.05, 4.69) is 25.1 Å². The van der Waals surface area contributed by atoms with Crippen LogP contribution in [-0.2, 0) is 17.6 Å². The molecule has 2 unspecified atom stereocenters.